The van der Waals surface area contributed by atoms with E-state index in [1.165, 1.54) is 6.07 Å². The van der Waals surface area contributed by atoms with Gasteiger partial charge in [0.25, 0.3) is 0 Å². The molecule has 0 saturated heterocycles. The van der Waals surface area contributed by atoms with Gasteiger partial charge in [0, 0.05) is 17.1 Å². The summed E-state index contributed by atoms with van der Waals surface area (Å²) in [6.07, 6.45) is 0.192. The van der Waals surface area contributed by atoms with Crippen LogP contribution in [-0.2, 0) is 11.2 Å². The van der Waals surface area contributed by atoms with Gasteiger partial charge in [0.2, 0.25) is 0 Å². The third kappa shape index (κ3) is 4.37. The van der Waals surface area contributed by atoms with Crippen molar-refractivity contribution in [2.24, 2.45) is 5.73 Å². The number of nitrogens with two attached hydrogens (primary N) is 1. The molecule has 0 aliphatic rings. The highest BCUT2D eigenvalue weighted by molar-refractivity contribution is 9.10. The van der Waals surface area contributed by atoms with Crippen LogP contribution >= 0.6 is 15.9 Å². The average Bonchev–Trinajstić information content (AvgIpc) is 2.48. The Hall–Kier alpha value is -1.23. The van der Waals surface area contributed by atoms with Crippen LogP contribution in [0.15, 0.2) is 53.0 Å². The standard InChI is InChI=1S/C17H19BrFNO/c1-2-21-17(12-6-4-3-5-7-12)16(20)10-13-8-9-14(18)11-15(13)19/h3-9,11,16-17H,2,10,20H2,1H3. The molecule has 0 aliphatic heterocycles. The summed E-state index contributed by atoms with van der Waals surface area (Å²) in [7, 11) is 0. The predicted molar refractivity (Wildman–Crippen MR) is 86.6 cm³/mol. The molecule has 4 heteroatoms. The molecule has 112 valence electrons. The number of hydrogen-bond donors (Lipinski definition) is 1. The van der Waals surface area contributed by atoms with Gasteiger partial charge in [0.1, 0.15) is 5.82 Å². The number of hydrogen-bond acceptors (Lipinski definition) is 2. The Kier molecular flexibility index (Phi) is 5.91. The van der Waals surface area contributed by atoms with Gasteiger partial charge in [-0.1, -0.05) is 52.3 Å². The fourth-order valence-corrected chi connectivity index (χ4v) is 2.67. The molecule has 0 spiro atoms. The van der Waals surface area contributed by atoms with Crippen molar-refractivity contribution in [2.75, 3.05) is 6.61 Å². The SMILES string of the molecule is CCOC(c1ccccc1)C(N)Cc1ccc(Br)cc1F. The van der Waals surface area contributed by atoms with Crippen molar-refractivity contribution < 1.29 is 9.13 Å². The van der Waals surface area contributed by atoms with Crippen molar-refractivity contribution in [3.63, 3.8) is 0 Å². The fourth-order valence-electron chi connectivity index (χ4n) is 2.34. The zero-order valence-electron chi connectivity index (χ0n) is 11.9. The molecule has 2 nitrogen and oxygen atoms in total. The molecule has 21 heavy (non-hydrogen) atoms. The summed E-state index contributed by atoms with van der Waals surface area (Å²) in [5, 5.41) is 0. The number of benzene rings is 2. The lowest BCUT2D eigenvalue weighted by Crippen LogP contribution is -2.32. The number of ether oxygens (including phenoxy) is 1. The highest BCUT2D eigenvalue weighted by Crippen LogP contribution is 2.24. The second-order valence-electron chi connectivity index (χ2n) is 4.89. The summed E-state index contributed by atoms with van der Waals surface area (Å²) in [6.45, 7) is 2.50. The molecule has 2 unspecified atom stereocenters. The third-order valence-electron chi connectivity index (χ3n) is 3.33. The molecule has 2 atom stereocenters. The Morgan fingerprint density at radius 1 is 1.19 bits per heavy atom. The Bertz CT molecular complexity index is 576. The van der Waals surface area contributed by atoms with Crippen LogP contribution in [0.25, 0.3) is 0 Å². The Labute approximate surface area is 133 Å². The van der Waals surface area contributed by atoms with Crippen LogP contribution in [0, 0.1) is 5.82 Å². The van der Waals surface area contributed by atoms with Gasteiger partial charge in [-0.25, -0.2) is 4.39 Å². The van der Waals surface area contributed by atoms with E-state index >= 15 is 0 Å². The molecule has 0 radical (unpaired) electrons. The van der Waals surface area contributed by atoms with Gasteiger partial charge in [-0.05, 0) is 36.6 Å². The molecule has 2 rings (SSSR count). The molecule has 2 aromatic carbocycles. The van der Waals surface area contributed by atoms with Crippen LogP contribution in [0.5, 0.6) is 0 Å². The van der Waals surface area contributed by atoms with E-state index in [0.717, 1.165) is 10.0 Å². The Morgan fingerprint density at radius 2 is 1.90 bits per heavy atom. The van der Waals surface area contributed by atoms with E-state index in [1.807, 2.05) is 43.3 Å². The van der Waals surface area contributed by atoms with Crippen LogP contribution in [-0.4, -0.2) is 12.6 Å². The predicted octanol–water partition coefficient (Wildman–Crippen LogP) is 4.24. The third-order valence-corrected chi connectivity index (χ3v) is 3.83. The van der Waals surface area contributed by atoms with Crippen LogP contribution in [0.4, 0.5) is 4.39 Å². The largest absolute Gasteiger partial charge is 0.372 e. The van der Waals surface area contributed by atoms with Gasteiger partial charge in [0.15, 0.2) is 0 Å². The van der Waals surface area contributed by atoms with Gasteiger partial charge >= 0.3 is 0 Å². The van der Waals surface area contributed by atoms with Crippen molar-refractivity contribution in [1.82, 2.24) is 0 Å². The molecule has 2 N–H and O–H groups in total. The molecule has 0 heterocycles. The first-order valence-corrected chi connectivity index (χ1v) is 7.77. The molecule has 0 saturated carbocycles. The summed E-state index contributed by atoms with van der Waals surface area (Å²) in [5.41, 5.74) is 7.89. The monoisotopic (exact) mass is 351 g/mol. The van der Waals surface area contributed by atoms with Gasteiger partial charge in [0.05, 0.1) is 6.10 Å². The van der Waals surface area contributed by atoms with E-state index in [0.29, 0.717) is 18.6 Å². The van der Waals surface area contributed by atoms with E-state index in [2.05, 4.69) is 15.9 Å². The minimum Gasteiger partial charge on any atom is -0.372 e. The van der Waals surface area contributed by atoms with Gasteiger partial charge in [-0.2, -0.15) is 0 Å². The molecule has 0 bridgehead atoms. The number of rotatable bonds is 6. The first kappa shape index (κ1) is 16.1. The maximum atomic E-state index is 13.9. The zero-order chi connectivity index (χ0) is 15.2. The minimum absolute atomic E-state index is 0.237. The maximum Gasteiger partial charge on any atom is 0.127 e. The van der Waals surface area contributed by atoms with Crippen molar-refractivity contribution >= 4 is 15.9 Å². The Balaban J connectivity index is 2.17. The first-order valence-electron chi connectivity index (χ1n) is 6.98. The summed E-state index contributed by atoms with van der Waals surface area (Å²) in [5.74, 6) is -0.247. The highest BCUT2D eigenvalue weighted by atomic mass is 79.9. The minimum atomic E-state index is -0.303. The normalized spacial score (nSPS) is 13.9. The average molecular weight is 352 g/mol. The first-order chi connectivity index (χ1) is 10.1. The molecular weight excluding hydrogens is 333 g/mol. The van der Waals surface area contributed by atoms with Crippen molar-refractivity contribution in [1.29, 1.82) is 0 Å². The fraction of sp³-hybridized carbons (Fsp3) is 0.294. The summed E-state index contributed by atoms with van der Waals surface area (Å²) >= 11 is 3.26. The summed E-state index contributed by atoms with van der Waals surface area (Å²) in [6, 6.07) is 14.6. The molecule has 2 aromatic rings. The van der Waals surface area contributed by atoms with Gasteiger partial charge in [-0.3, -0.25) is 0 Å². The van der Waals surface area contributed by atoms with E-state index < -0.39 is 0 Å². The van der Waals surface area contributed by atoms with Crippen molar-refractivity contribution in [2.45, 2.75) is 25.5 Å². The Morgan fingerprint density at radius 3 is 2.52 bits per heavy atom. The van der Waals surface area contributed by atoms with Crippen molar-refractivity contribution in [3.05, 3.63) is 69.9 Å². The summed E-state index contributed by atoms with van der Waals surface area (Å²) in [4.78, 5) is 0. The van der Waals surface area contributed by atoms with E-state index in [4.69, 9.17) is 10.5 Å². The molecule has 0 fully saturated rings. The lowest BCUT2D eigenvalue weighted by molar-refractivity contribution is 0.0431. The zero-order valence-corrected chi connectivity index (χ0v) is 13.5. The van der Waals surface area contributed by atoms with E-state index in [9.17, 15) is 4.39 Å². The lowest BCUT2D eigenvalue weighted by atomic mass is 9.96. The molecular formula is C17H19BrFNO. The highest BCUT2D eigenvalue weighted by Gasteiger charge is 2.21. The molecule has 0 aromatic heterocycles. The van der Waals surface area contributed by atoms with E-state index in [1.54, 1.807) is 6.07 Å². The topological polar surface area (TPSA) is 35.2 Å². The molecule has 0 aliphatic carbocycles. The second kappa shape index (κ2) is 7.69. The molecule has 0 amide bonds. The lowest BCUT2D eigenvalue weighted by Gasteiger charge is -2.24. The number of halogens is 2. The summed E-state index contributed by atoms with van der Waals surface area (Å²) < 4.78 is 20.4. The van der Waals surface area contributed by atoms with Crippen molar-refractivity contribution in [3.8, 4) is 0 Å². The second-order valence-corrected chi connectivity index (χ2v) is 5.81. The maximum absolute atomic E-state index is 13.9. The van der Waals surface area contributed by atoms with E-state index in [-0.39, 0.29) is 18.0 Å². The van der Waals surface area contributed by atoms with Gasteiger partial charge < -0.3 is 10.5 Å². The van der Waals surface area contributed by atoms with Gasteiger partial charge in [-0.15, -0.1) is 0 Å². The van der Waals surface area contributed by atoms with Crippen LogP contribution in [0.2, 0.25) is 0 Å². The smallest absolute Gasteiger partial charge is 0.127 e. The van der Waals surface area contributed by atoms with Crippen LogP contribution in [0.3, 0.4) is 0 Å². The van der Waals surface area contributed by atoms with Crippen LogP contribution < -0.4 is 5.73 Å². The quantitative estimate of drug-likeness (QED) is 0.844. The van der Waals surface area contributed by atoms with Crippen LogP contribution in [0.1, 0.15) is 24.2 Å².